The Morgan fingerprint density at radius 1 is 0.820 bits per heavy atom. The molecule has 1 aromatic heterocycles. The summed E-state index contributed by atoms with van der Waals surface area (Å²) in [7, 11) is 5.69. The molecule has 5 N–H and O–H groups in total. The molecular weight excluding hydrogens is 653 g/mol. The Labute approximate surface area is 300 Å². The minimum atomic E-state index is -0.671. The number of amides is 4. The van der Waals surface area contributed by atoms with Crippen LogP contribution in [0, 0.1) is 5.92 Å². The second-order valence-electron chi connectivity index (χ2n) is 12.8. The molecule has 2 aromatic carbocycles. The molecule has 270 valence electrons. The fourth-order valence-electron chi connectivity index (χ4n) is 5.21. The normalized spacial score (nSPS) is 13.6. The van der Waals surface area contributed by atoms with Gasteiger partial charge in [-0.3, -0.25) is 24.2 Å². The molecule has 1 heterocycles. The van der Waals surface area contributed by atoms with Gasteiger partial charge in [-0.25, -0.2) is 4.31 Å². The van der Waals surface area contributed by atoms with Crippen LogP contribution in [0.3, 0.4) is 0 Å². The smallest absolute Gasteiger partial charge is 0.251 e. The van der Waals surface area contributed by atoms with Crippen LogP contribution in [0.2, 0.25) is 0 Å². The molecule has 3 aromatic rings. The monoisotopic (exact) mass is 704 g/mol. The van der Waals surface area contributed by atoms with Crippen LogP contribution in [-0.2, 0) is 16.0 Å². The van der Waals surface area contributed by atoms with Crippen molar-refractivity contribution in [1.29, 1.82) is 0 Å². The Morgan fingerprint density at radius 2 is 1.48 bits per heavy atom. The Bertz CT molecular complexity index is 1560. The summed E-state index contributed by atoms with van der Waals surface area (Å²) in [4.78, 5) is 57.4. The number of rotatable bonds is 18. The van der Waals surface area contributed by atoms with E-state index in [1.54, 1.807) is 37.5 Å². The highest BCUT2D eigenvalue weighted by molar-refractivity contribution is 7.98. The molecule has 0 bridgehead atoms. The molecule has 0 saturated heterocycles. The van der Waals surface area contributed by atoms with Gasteiger partial charge in [-0.2, -0.15) is 0 Å². The van der Waals surface area contributed by atoms with Crippen LogP contribution >= 0.6 is 12.1 Å². The molecule has 0 radical (unpaired) electrons. The number of nitrogens with one attached hydrogen (secondary N) is 5. The molecule has 3 rings (SSSR count). The zero-order valence-electron chi connectivity index (χ0n) is 30.3. The van der Waals surface area contributed by atoms with Crippen molar-refractivity contribution in [1.82, 2.24) is 35.9 Å². The van der Waals surface area contributed by atoms with Crippen LogP contribution in [0.15, 0.2) is 73.1 Å². The van der Waals surface area contributed by atoms with Crippen LogP contribution in [0.1, 0.15) is 72.5 Å². The maximum Gasteiger partial charge on any atom is 0.251 e. The first-order valence-electron chi connectivity index (χ1n) is 16.9. The number of carbonyl (C=O) groups is 4. The van der Waals surface area contributed by atoms with Crippen molar-refractivity contribution in [2.24, 2.45) is 5.92 Å². The molecule has 50 heavy (non-hydrogen) atoms. The highest BCUT2D eigenvalue weighted by Crippen LogP contribution is 2.25. The molecule has 0 fully saturated rings. The van der Waals surface area contributed by atoms with E-state index in [4.69, 9.17) is 0 Å². The van der Waals surface area contributed by atoms with Crippen LogP contribution in [0.25, 0.3) is 0 Å². The number of hydrogen-bond acceptors (Lipinski definition) is 9. The third kappa shape index (κ3) is 12.5. The summed E-state index contributed by atoms with van der Waals surface area (Å²) >= 11 is 1.42. The highest BCUT2D eigenvalue weighted by atomic mass is 32.2. The maximum atomic E-state index is 14.0. The average molecular weight is 705 g/mol. The lowest BCUT2D eigenvalue weighted by atomic mass is 10.0. The van der Waals surface area contributed by atoms with Crippen molar-refractivity contribution in [2.75, 3.05) is 38.5 Å². The molecule has 4 amide bonds. The largest absolute Gasteiger partial charge is 0.355 e. The van der Waals surface area contributed by atoms with Crippen LogP contribution in [0.5, 0.6) is 0 Å². The van der Waals surface area contributed by atoms with E-state index in [0.29, 0.717) is 29.8 Å². The van der Waals surface area contributed by atoms with E-state index in [2.05, 4.69) is 31.6 Å². The summed E-state index contributed by atoms with van der Waals surface area (Å²) in [6, 6.07) is 16.5. The predicted octanol–water partition coefficient (Wildman–Crippen LogP) is 3.73. The standard InChI is InChI=1S/C37H52N8O4S/c1-9-39-37(49)33(24(2)3)43-34(46)26(5)40-23-31(18-27-14-13-17-38-22-27)42-36(48)30-19-29(20-32(21-30)45(8)50-44(6)7)35(47)41-25(4)28-15-11-10-12-16-28/h10-17,19-22,24-26,31,33,40H,9,18,23H2,1-8H3,(H,39,49)(H,41,47)(H,42,48)(H,43,46)/t25-,26+,31+,33+/m1/s1. The number of anilines is 1. The summed E-state index contributed by atoms with van der Waals surface area (Å²) in [6.45, 7) is 9.94. The topological polar surface area (TPSA) is 148 Å². The van der Waals surface area contributed by atoms with Gasteiger partial charge in [-0.1, -0.05) is 50.2 Å². The molecular formula is C37H52N8O4S. The summed E-state index contributed by atoms with van der Waals surface area (Å²) in [5, 5.41) is 15.0. The number of nitrogens with zero attached hydrogens (tertiary/aromatic N) is 3. The minimum absolute atomic E-state index is 0.102. The Morgan fingerprint density at radius 3 is 2.06 bits per heavy atom. The van der Waals surface area contributed by atoms with Crippen molar-refractivity contribution in [3.63, 3.8) is 0 Å². The summed E-state index contributed by atoms with van der Waals surface area (Å²) in [6.07, 6.45) is 3.85. The quantitative estimate of drug-likeness (QED) is 0.125. The number of pyridine rings is 1. The van der Waals surface area contributed by atoms with Crippen molar-refractivity contribution >= 4 is 41.5 Å². The molecule has 0 unspecified atom stereocenters. The first kappa shape index (κ1) is 40.0. The number of carbonyl (C=O) groups excluding carboxylic acids is 4. The maximum absolute atomic E-state index is 14.0. The zero-order valence-corrected chi connectivity index (χ0v) is 31.1. The van der Waals surface area contributed by atoms with E-state index >= 15 is 0 Å². The molecule has 0 aliphatic carbocycles. The molecule has 0 aliphatic rings. The Hall–Kier alpha value is -4.46. The predicted molar refractivity (Wildman–Crippen MR) is 201 cm³/mol. The second kappa shape index (κ2) is 19.7. The summed E-state index contributed by atoms with van der Waals surface area (Å²) in [5.41, 5.74) is 3.20. The zero-order chi connectivity index (χ0) is 36.8. The molecule has 0 spiro atoms. The summed E-state index contributed by atoms with van der Waals surface area (Å²) in [5.74, 6) is -1.33. The Kier molecular flexibility index (Phi) is 15.7. The van der Waals surface area contributed by atoms with E-state index in [1.165, 1.54) is 12.1 Å². The fourth-order valence-corrected chi connectivity index (χ4v) is 5.90. The van der Waals surface area contributed by atoms with E-state index in [0.717, 1.165) is 11.1 Å². The van der Waals surface area contributed by atoms with Gasteiger partial charge in [0.2, 0.25) is 11.8 Å². The van der Waals surface area contributed by atoms with E-state index < -0.39 is 18.1 Å². The van der Waals surface area contributed by atoms with Crippen molar-refractivity contribution in [3.8, 4) is 0 Å². The van der Waals surface area contributed by atoms with Gasteiger partial charge in [-0.15, -0.1) is 0 Å². The van der Waals surface area contributed by atoms with Crippen molar-refractivity contribution in [3.05, 3.63) is 95.3 Å². The lowest BCUT2D eigenvalue weighted by molar-refractivity contribution is -0.130. The number of aromatic nitrogens is 1. The van der Waals surface area contributed by atoms with Crippen LogP contribution in [0.4, 0.5) is 5.69 Å². The van der Waals surface area contributed by atoms with Gasteiger partial charge >= 0.3 is 0 Å². The second-order valence-corrected chi connectivity index (χ2v) is 14.2. The fraction of sp³-hybridized carbons (Fsp3) is 0.432. The SMILES string of the molecule is CCNC(=O)[C@@H](NC(=O)[C@H](C)NC[C@H](Cc1cccnc1)NC(=O)c1cc(C(=O)N[C@H](C)c2ccccc2)cc(N(C)SN(C)C)c1)C(C)C. The average Bonchev–Trinajstić information content (AvgIpc) is 3.09. The van der Waals surface area contributed by atoms with Crippen LogP contribution < -0.4 is 30.9 Å². The first-order chi connectivity index (χ1) is 23.8. The van der Waals surface area contributed by atoms with E-state index in [-0.39, 0.29) is 42.1 Å². The van der Waals surface area contributed by atoms with Crippen molar-refractivity contribution in [2.45, 2.75) is 65.2 Å². The van der Waals surface area contributed by atoms with Gasteiger partial charge in [-0.05, 0) is 82.6 Å². The third-order valence-corrected chi connectivity index (χ3v) is 8.72. The van der Waals surface area contributed by atoms with E-state index in [9.17, 15) is 19.2 Å². The molecule has 0 saturated carbocycles. The summed E-state index contributed by atoms with van der Waals surface area (Å²) < 4.78 is 3.80. The first-order valence-corrected chi connectivity index (χ1v) is 17.6. The number of benzene rings is 2. The van der Waals surface area contributed by atoms with Gasteiger partial charge in [0.25, 0.3) is 11.8 Å². The van der Waals surface area contributed by atoms with Gasteiger partial charge in [0.15, 0.2) is 0 Å². The van der Waals surface area contributed by atoms with Gasteiger partial charge in [0, 0.05) is 67.5 Å². The van der Waals surface area contributed by atoms with Crippen LogP contribution in [-0.4, -0.2) is 85.3 Å². The van der Waals surface area contributed by atoms with Gasteiger partial charge < -0.3 is 30.9 Å². The molecule has 4 atom stereocenters. The minimum Gasteiger partial charge on any atom is -0.355 e. The third-order valence-electron chi connectivity index (χ3n) is 7.94. The number of likely N-dealkylation sites (N-methyl/N-ethyl adjacent to an activating group) is 1. The van der Waals surface area contributed by atoms with E-state index in [1.807, 2.05) is 99.9 Å². The molecule has 0 aliphatic heterocycles. The number of hydrogen-bond donors (Lipinski definition) is 5. The molecule has 12 nitrogen and oxygen atoms in total. The van der Waals surface area contributed by atoms with Gasteiger partial charge in [0.1, 0.15) is 6.04 Å². The Balaban J connectivity index is 1.84. The van der Waals surface area contributed by atoms with Gasteiger partial charge in [0.05, 0.1) is 12.1 Å². The lowest BCUT2D eigenvalue weighted by Crippen LogP contribution is -2.55. The van der Waals surface area contributed by atoms with Crippen molar-refractivity contribution < 1.29 is 19.2 Å². The lowest BCUT2D eigenvalue weighted by Gasteiger charge is -2.26. The molecule has 13 heteroatoms. The highest BCUT2D eigenvalue weighted by Gasteiger charge is 2.27.